The molecule has 0 aromatic heterocycles. The molecule has 3 amide bonds. The van der Waals surface area contributed by atoms with Crippen molar-refractivity contribution >= 4 is 23.7 Å². The van der Waals surface area contributed by atoms with Gasteiger partial charge in [0, 0.05) is 25.7 Å². The second-order valence-corrected chi connectivity index (χ2v) is 8.78. The molecule has 1 aliphatic rings. The summed E-state index contributed by atoms with van der Waals surface area (Å²) in [5.74, 6) is -1.09. The molecule has 1 aromatic carbocycles. The van der Waals surface area contributed by atoms with Gasteiger partial charge in [-0.1, -0.05) is 13.8 Å². The number of esters is 1. The molecule has 2 unspecified atom stereocenters. The summed E-state index contributed by atoms with van der Waals surface area (Å²) >= 11 is 0. The summed E-state index contributed by atoms with van der Waals surface area (Å²) in [7, 11) is 1.55. The zero-order valence-corrected chi connectivity index (χ0v) is 20.8. The molecule has 0 bridgehead atoms. The zero-order valence-electron chi connectivity index (χ0n) is 20.8. The van der Waals surface area contributed by atoms with Crippen LogP contribution in [0.5, 0.6) is 5.75 Å². The van der Waals surface area contributed by atoms with E-state index in [1.54, 1.807) is 43.1 Å². The van der Waals surface area contributed by atoms with Crippen LogP contribution in [0.1, 0.15) is 50.9 Å². The van der Waals surface area contributed by atoms with Crippen LogP contribution in [0.25, 0.3) is 0 Å². The SMILES string of the molecule is CCOC(=O)C1CCCN(C(=O)CN(C)C(=O)C(NC(=O)c2ccc(OCC)cc2)C(C)C)C1. The number of amides is 3. The number of carbonyl (C=O) groups is 4. The Balaban J connectivity index is 1.98. The second kappa shape index (κ2) is 13.0. The van der Waals surface area contributed by atoms with Gasteiger partial charge in [-0.2, -0.15) is 0 Å². The number of ether oxygens (including phenoxy) is 2. The molecule has 1 aliphatic heterocycles. The number of nitrogens with zero attached hydrogens (tertiary/aromatic N) is 2. The fraction of sp³-hybridized carbons (Fsp3) is 0.600. The first-order valence-electron chi connectivity index (χ1n) is 11.9. The molecule has 188 valence electrons. The monoisotopic (exact) mass is 475 g/mol. The summed E-state index contributed by atoms with van der Waals surface area (Å²) in [5, 5.41) is 2.80. The van der Waals surface area contributed by atoms with Crippen LogP contribution in [-0.4, -0.2) is 79.4 Å². The summed E-state index contributed by atoms with van der Waals surface area (Å²) < 4.78 is 10.5. The molecule has 9 heteroatoms. The van der Waals surface area contributed by atoms with Crippen LogP contribution in [0, 0.1) is 11.8 Å². The highest BCUT2D eigenvalue weighted by molar-refractivity contribution is 5.98. The number of benzene rings is 1. The molecular formula is C25H37N3O6. The number of likely N-dealkylation sites (tertiary alicyclic amines) is 1. The second-order valence-electron chi connectivity index (χ2n) is 8.78. The minimum absolute atomic E-state index is 0.128. The standard InChI is InChI=1S/C25H37N3O6/c1-6-33-20-12-10-18(11-13-20)23(30)26-22(17(3)4)24(31)27(5)16-21(29)28-14-8-9-19(15-28)25(32)34-7-2/h10-13,17,19,22H,6-9,14-16H2,1-5H3,(H,26,30). The fourth-order valence-electron chi connectivity index (χ4n) is 3.88. The van der Waals surface area contributed by atoms with Gasteiger partial charge in [-0.3, -0.25) is 19.2 Å². The van der Waals surface area contributed by atoms with E-state index in [1.807, 2.05) is 20.8 Å². The van der Waals surface area contributed by atoms with E-state index in [-0.39, 0.29) is 42.1 Å². The van der Waals surface area contributed by atoms with Crippen LogP contribution in [-0.2, 0) is 19.1 Å². The van der Waals surface area contributed by atoms with Crippen molar-refractivity contribution in [1.29, 1.82) is 0 Å². The maximum absolute atomic E-state index is 13.1. The molecule has 1 aromatic rings. The molecule has 0 spiro atoms. The minimum atomic E-state index is -0.787. The zero-order chi connectivity index (χ0) is 25.3. The highest BCUT2D eigenvalue weighted by Gasteiger charge is 2.32. The van der Waals surface area contributed by atoms with Crippen molar-refractivity contribution in [3.8, 4) is 5.75 Å². The summed E-state index contributed by atoms with van der Waals surface area (Å²) in [5.41, 5.74) is 0.416. The van der Waals surface area contributed by atoms with E-state index in [0.717, 1.165) is 0 Å². The minimum Gasteiger partial charge on any atom is -0.494 e. The lowest BCUT2D eigenvalue weighted by molar-refractivity contribution is -0.152. The number of rotatable bonds is 10. The van der Waals surface area contributed by atoms with Crippen molar-refractivity contribution < 1.29 is 28.7 Å². The predicted octanol–water partition coefficient (Wildman–Crippen LogP) is 2.10. The van der Waals surface area contributed by atoms with Crippen molar-refractivity contribution in [1.82, 2.24) is 15.1 Å². The average Bonchev–Trinajstić information content (AvgIpc) is 2.82. The maximum atomic E-state index is 13.1. The third-order valence-corrected chi connectivity index (χ3v) is 5.79. The Hall–Kier alpha value is -3.10. The van der Waals surface area contributed by atoms with Crippen LogP contribution >= 0.6 is 0 Å². The summed E-state index contributed by atoms with van der Waals surface area (Å²) in [6, 6.07) is 5.91. The topological polar surface area (TPSA) is 105 Å². The first-order chi connectivity index (χ1) is 16.2. The third kappa shape index (κ3) is 7.46. The van der Waals surface area contributed by atoms with Crippen LogP contribution in [0.2, 0.25) is 0 Å². The van der Waals surface area contributed by atoms with E-state index < -0.39 is 6.04 Å². The number of carbonyl (C=O) groups excluding carboxylic acids is 4. The van der Waals surface area contributed by atoms with E-state index in [0.29, 0.717) is 50.5 Å². The number of hydrogen-bond acceptors (Lipinski definition) is 6. The molecule has 2 atom stereocenters. The first-order valence-corrected chi connectivity index (χ1v) is 11.9. The Morgan fingerprint density at radius 1 is 1.12 bits per heavy atom. The lowest BCUT2D eigenvalue weighted by Crippen LogP contribution is -2.53. The molecule has 9 nitrogen and oxygen atoms in total. The Bertz CT molecular complexity index is 855. The Kier molecular flexibility index (Phi) is 10.3. The quantitative estimate of drug-likeness (QED) is 0.520. The molecular weight excluding hydrogens is 438 g/mol. The van der Waals surface area contributed by atoms with Gasteiger partial charge in [0.15, 0.2) is 0 Å². The summed E-state index contributed by atoms with van der Waals surface area (Å²) in [6.07, 6.45) is 1.39. The highest BCUT2D eigenvalue weighted by Crippen LogP contribution is 2.19. The van der Waals surface area contributed by atoms with Crippen molar-refractivity contribution in [2.24, 2.45) is 11.8 Å². The molecule has 1 saturated heterocycles. The Labute approximate surface area is 201 Å². The predicted molar refractivity (Wildman–Crippen MR) is 127 cm³/mol. The van der Waals surface area contributed by atoms with Gasteiger partial charge in [0.1, 0.15) is 11.8 Å². The van der Waals surface area contributed by atoms with E-state index in [2.05, 4.69) is 5.32 Å². The Morgan fingerprint density at radius 2 is 1.79 bits per heavy atom. The molecule has 2 rings (SSSR count). The van der Waals surface area contributed by atoms with Gasteiger partial charge in [0.2, 0.25) is 11.8 Å². The Morgan fingerprint density at radius 3 is 2.38 bits per heavy atom. The molecule has 1 heterocycles. The van der Waals surface area contributed by atoms with Crippen LogP contribution in [0.4, 0.5) is 0 Å². The number of likely N-dealkylation sites (N-methyl/N-ethyl adjacent to an activating group) is 1. The lowest BCUT2D eigenvalue weighted by atomic mass is 9.98. The first kappa shape index (κ1) is 27.1. The van der Waals surface area contributed by atoms with Crippen molar-refractivity contribution in [3.63, 3.8) is 0 Å². The van der Waals surface area contributed by atoms with Gasteiger partial charge in [-0.15, -0.1) is 0 Å². The number of hydrogen-bond donors (Lipinski definition) is 1. The number of nitrogens with one attached hydrogen (secondary N) is 1. The van der Waals surface area contributed by atoms with Gasteiger partial charge in [-0.25, -0.2) is 0 Å². The van der Waals surface area contributed by atoms with E-state index >= 15 is 0 Å². The van der Waals surface area contributed by atoms with Gasteiger partial charge in [0.05, 0.1) is 25.7 Å². The molecule has 1 N–H and O–H groups in total. The van der Waals surface area contributed by atoms with E-state index in [9.17, 15) is 19.2 Å². The fourth-order valence-corrected chi connectivity index (χ4v) is 3.88. The van der Waals surface area contributed by atoms with Gasteiger partial charge in [0.25, 0.3) is 5.91 Å². The lowest BCUT2D eigenvalue weighted by Gasteiger charge is -2.33. The molecule has 1 fully saturated rings. The molecule has 0 saturated carbocycles. The van der Waals surface area contributed by atoms with Crippen molar-refractivity contribution in [3.05, 3.63) is 29.8 Å². The smallest absolute Gasteiger partial charge is 0.310 e. The third-order valence-electron chi connectivity index (χ3n) is 5.79. The van der Waals surface area contributed by atoms with Crippen LogP contribution in [0.3, 0.4) is 0 Å². The van der Waals surface area contributed by atoms with Gasteiger partial charge in [-0.05, 0) is 56.9 Å². The molecule has 34 heavy (non-hydrogen) atoms. The summed E-state index contributed by atoms with van der Waals surface area (Å²) in [6.45, 7) is 8.85. The maximum Gasteiger partial charge on any atom is 0.310 e. The summed E-state index contributed by atoms with van der Waals surface area (Å²) in [4.78, 5) is 53.7. The van der Waals surface area contributed by atoms with E-state index in [1.165, 1.54) is 4.90 Å². The average molecular weight is 476 g/mol. The van der Waals surface area contributed by atoms with E-state index in [4.69, 9.17) is 9.47 Å². The highest BCUT2D eigenvalue weighted by atomic mass is 16.5. The largest absolute Gasteiger partial charge is 0.494 e. The number of piperidine rings is 1. The van der Waals surface area contributed by atoms with Crippen molar-refractivity contribution in [2.45, 2.75) is 46.6 Å². The van der Waals surface area contributed by atoms with Gasteiger partial charge < -0.3 is 24.6 Å². The normalized spacial score (nSPS) is 16.5. The van der Waals surface area contributed by atoms with Crippen LogP contribution in [0.15, 0.2) is 24.3 Å². The molecule has 0 radical (unpaired) electrons. The van der Waals surface area contributed by atoms with Gasteiger partial charge >= 0.3 is 5.97 Å². The van der Waals surface area contributed by atoms with Crippen LogP contribution < -0.4 is 10.1 Å². The molecule has 0 aliphatic carbocycles. The van der Waals surface area contributed by atoms with Crippen molar-refractivity contribution in [2.75, 3.05) is 39.9 Å².